The second-order valence-electron chi connectivity index (χ2n) is 8.98. The maximum Gasteiger partial charge on any atom is 0.421 e. The van der Waals surface area contributed by atoms with E-state index in [1.807, 2.05) is 0 Å². The van der Waals surface area contributed by atoms with Crippen LogP contribution in [0.1, 0.15) is 25.0 Å². The molecule has 0 aliphatic carbocycles. The van der Waals surface area contributed by atoms with Crippen molar-refractivity contribution in [2.75, 3.05) is 71.0 Å². The number of alkyl halides is 3. The minimum absolute atomic E-state index is 0.0382. The second-order valence-corrected chi connectivity index (χ2v) is 8.98. The fourth-order valence-corrected chi connectivity index (χ4v) is 4.15. The third kappa shape index (κ3) is 9.40. The summed E-state index contributed by atoms with van der Waals surface area (Å²) < 4.78 is 54.2. The van der Waals surface area contributed by atoms with Crippen LogP contribution in [0.15, 0.2) is 28.0 Å². The van der Waals surface area contributed by atoms with Gasteiger partial charge in [0.1, 0.15) is 5.57 Å². The first kappa shape index (κ1) is 29.6. The molecule has 0 radical (unpaired) electrons. The number of nitrogens with zero attached hydrogens (tertiary/aromatic N) is 6. The SMILES string of the molecule is Cc1nn(CCCN2CCOCC2)cc1NC=C(C(N=CN)=NCCCN1CCOCCC1=O)C(F)(F)F. The van der Waals surface area contributed by atoms with Crippen LogP contribution in [0.4, 0.5) is 18.9 Å². The Kier molecular flexibility index (Phi) is 11.5. The monoisotopic (exact) mass is 542 g/mol. The molecule has 2 aliphatic rings. The summed E-state index contributed by atoms with van der Waals surface area (Å²) in [6.07, 6.45) is 0.118. The van der Waals surface area contributed by atoms with Gasteiger partial charge < -0.3 is 25.4 Å². The number of amidine groups is 1. The Balaban J connectivity index is 1.61. The molecule has 0 atom stereocenters. The Bertz CT molecular complexity index is 987. The number of carbonyl (C=O) groups is 1. The zero-order valence-electron chi connectivity index (χ0n) is 21.8. The van der Waals surface area contributed by atoms with Gasteiger partial charge in [0.15, 0.2) is 5.84 Å². The minimum Gasteiger partial charge on any atom is -0.390 e. The van der Waals surface area contributed by atoms with Gasteiger partial charge in [0.05, 0.1) is 50.6 Å². The molecule has 2 fully saturated rings. The second kappa shape index (κ2) is 14.8. The summed E-state index contributed by atoms with van der Waals surface area (Å²) in [4.78, 5) is 23.7. The van der Waals surface area contributed by atoms with Gasteiger partial charge in [0.25, 0.3) is 0 Å². The molecule has 11 nitrogen and oxygen atoms in total. The predicted molar refractivity (Wildman–Crippen MR) is 138 cm³/mol. The molecule has 1 aromatic heterocycles. The molecule has 212 valence electrons. The molecule has 1 amide bonds. The summed E-state index contributed by atoms with van der Waals surface area (Å²) in [6.45, 7) is 8.22. The average molecular weight is 543 g/mol. The number of halogens is 3. The van der Waals surface area contributed by atoms with Crippen LogP contribution in [0.5, 0.6) is 0 Å². The Morgan fingerprint density at radius 2 is 1.87 bits per heavy atom. The number of rotatable bonds is 11. The number of aryl methyl sites for hydroxylation is 2. The van der Waals surface area contributed by atoms with Crippen LogP contribution in [-0.2, 0) is 20.8 Å². The van der Waals surface area contributed by atoms with Gasteiger partial charge in [-0.2, -0.15) is 18.3 Å². The average Bonchev–Trinajstić information content (AvgIpc) is 3.09. The molecule has 38 heavy (non-hydrogen) atoms. The Morgan fingerprint density at radius 3 is 2.61 bits per heavy atom. The van der Waals surface area contributed by atoms with Gasteiger partial charge in [-0.1, -0.05) is 0 Å². The molecule has 2 aliphatic heterocycles. The summed E-state index contributed by atoms with van der Waals surface area (Å²) in [5.41, 5.74) is 5.29. The van der Waals surface area contributed by atoms with E-state index in [2.05, 4.69) is 25.3 Å². The number of anilines is 1. The lowest BCUT2D eigenvalue weighted by Gasteiger charge is -2.26. The molecule has 0 bridgehead atoms. The van der Waals surface area contributed by atoms with Crippen molar-refractivity contribution in [3.63, 3.8) is 0 Å². The van der Waals surface area contributed by atoms with Crippen molar-refractivity contribution in [3.8, 4) is 0 Å². The first-order chi connectivity index (χ1) is 18.3. The zero-order chi connectivity index (χ0) is 27.4. The predicted octanol–water partition coefficient (Wildman–Crippen LogP) is 1.80. The van der Waals surface area contributed by atoms with E-state index >= 15 is 0 Å². The van der Waals surface area contributed by atoms with Gasteiger partial charge in [0, 0.05) is 58.2 Å². The van der Waals surface area contributed by atoms with Gasteiger partial charge in [-0.3, -0.25) is 19.4 Å². The van der Waals surface area contributed by atoms with Gasteiger partial charge in [-0.05, 0) is 19.8 Å². The number of aromatic nitrogens is 2. The van der Waals surface area contributed by atoms with Crippen LogP contribution in [0, 0.1) is 6.92 Å². The van der Waals surface area contributed by atoms with Crippen molar-refractivity contribution in [1.82, 2.24) is 19.6 Å². The van der Waals surface area contributed by atoms with Gasteiger partial charge >= 0.3 is 6.18 Å². The van der Waals surface area contributed by atoms with Crippen molar-refractivity contribution in [3.05, 3.63) is 23.7 Å². The maximum atomic E-state index is 13.9. The normalized spacial score (nSPS) is 18.8. The van der Waals surface area contributed by atoms with Crippen LogP contribution in [0.25, 0.3) is 0 Å². The number of hydrogen-bond donors (Lipinski definition) is 2. The first-order valence-corrected chi connectivity index (χ1v) is 12.8. The lowest BCUT2D eigenvalue weighted by molar-refractivity contribution is -0.130. The summed E-state index contributed by atoms with van der Waals surface area (Å²) in [5.74, 6) is -0.572. The molecule has 14 heteroatoms. The van der Waals surface area contributed by atoms with Crippen molar-refractivity contribution >= 4 is 23.8 Å². The molecule has 2 saturated heterocycles. The molecule has 0 spiro atoms. The number of carbonyl (C=O) groups excluding carboxylic acids is 1. The van der Waals surface area contributed by atoms with Crippen LogP contribution >= 0.6 is 0 Å². The van der Waals surface area contributed by atoms with Gasteiger partial charge in [-0.15, -0.1) is 0 Å². The molecule has 0 aromatic carbocycles. The van der Waals surface area contributed by atoms with E-state index in [0.29, 0.717) is 57.1 Å². The van der Waals surface area contributed by atoms with Crippen molar-refractivity contribution in [1.29, 1.82) is 0 Å². The van der Waals surface area contributed by atoms with Crippen LogP contribution < -0.4 is 11.1 Å². The summed E-state index contributed by atoms with van der Waals surface area (Å²) in [5, 5.41) is 7.13. The van der Waals surface area contributed by atoms with E-state index in [1.165, 1.54) is 0 Å². The summed E-state index contributed by atoms with van der Waals surface area (Å²) in [6, 6.07) is 0. The third-order valence-corrected chi connectivity index (χ3v) is 6.19. The summed E-state index contributed by atoms with van der Waals surface area (Å²) >= 11 is 0. The van der Waals surface area contributed by atoms with E-state index in [9.17, 15) is 18.0 Å². The van der Waals surface area contributed by atoms with E-state index < -0.39 is 17.6 Å². The number of amides is 1. The fourth-order valence-electron chi connectivity index (χ4n) is 4.15. The largest absolute Gasteiger partial charge is 0.421 e. The molecule has 3 heterocycles. The highest BCUT2D eigenvalue weighted by Crippen LogP contribution is 2.28. The molecule has 3 N–H and O–H groups in total. The van der Waals surface area contributed by atoms with Crippen molar-refractivity contribution < 1.29 is 27.4 Å². The van der Waals surface area contributed by atoms with Crippen LogP contribution in [0.3, 0.4) is 0 Å². The third-order valence-electron chi connectivity index (χ3n) is 6.19. The zero-order valence-corrected chi connectivity index (χ0v) is 21.8. The van der Waals surface area contributed by atoms with E-state index in [0.717, 1.165) is 51.8 Å². The fraction of sp³-hybridized carbons (Fsp3) is 0.667. The number of ether oxygens (including phenoxy) is 2. The highest BCUT2D eigenvalue weighted by atomic mass is 19.4. The number of hydrogen-bond acceptors (Lipinski definition) is 7. The minimum atomic E-state index is -4.72. The quantitative estimate of drug-likeness (QED) is 0.248. The Labute approximate surface area is 220 Å². The topological polar surface area (TPSA) is 123 Å². The number of nitrogens with two attached hydrogens (primary N) is 1. The number of aliphatic imine (C=N–C) groups is 2. The Morgan fingerprint density at radius 1 is 1.13 bits per heavy atom. The standard InChI is InChI=1S/C24H37F3N8O3/c1-19-21(17-35(32-19)8-3-6-33-9-13-38-14-10-33)30-16-20(24(25,26)27)23(31-18-28)29-5-2-7-34-11-15-37-12-4-22(34)36/h16-18,30H,2-15H2,1H3,(H2,28,29,31). The highest BCUT2D eigenvalue weighted by molar-refractivity contribution is 6.03. The lowest BCUT2D eigenvalue weighted by Crippen LogP contribution is -2.37. The van der Waals surface area contributed by atoms with Crippen molar-refractivity contribution in [2.45, 2.75) is 38.9 Å². The van der Waals surface area contributed by atoms with E-state index in [1.54, 1.807) is 22.7 Å². The first-order valence-electron chi connectivity index (χ1n) is 12.8. The Hall–Kier alpha value is -2.97. The van der Waals surface area contributed by atoms with Gasteiger partial charge in [-0.25, -0.2) is 4.99 Å². The molecule has 3 rings (SSSR count). The van der Waals surface area contributed by atoms with Gasteiger partial charge in [0.2, 0.25) is 5.91 Å². The molecule has 0 unspecified atom stereocenters. The number of morpholine rings is 1. The maximum absolute atomic E-state index is 13.9. The van der Waals surface area contributed by atoms with Crippen LogP contribution in [0.2, 0.25) is 0 Å². The molecular formula is C24H37F3N8O3. The van der Waals surface area contributed by atoms with Crippen molar-refractivity contribution in [2.24, 2.45) is 15.7 Å². The highest BCUT2D eigenvalue weighted by Gasteiger charge is 2.37. The summed E-state index contributed by atoms with van der Waals surface area (Å²) in [7, 11) is 0. The number of nitrogens with one attached hydrogen (secondary N) is 1. The lowest BCUT2D eigenvalue weighted by atomic mass is 10.2. The van der Waals surface area contributed by atoms with Crippen LogP contribution in [-0.4, -0.2) is 110 Å². The van der Waals surface area contributed by atoms with E-state index in [4.69, 9.17) is 15.2 Å². The van der Waals surface area contributed by atoms with E-state index in [-0.39, 0.29) is 12.5 Å². The molecule has 1 aromatic rings. The smallest absolute Gasteiger partial charge is 0.390 e. The molecular weight excluding hydrogens is 505 g/mol. The molecule has 0 saturated carbocycles.